The maximum atomic E-state index is 12.4. The molecule has 1 aromatic carbocycles. The van der Waals surface area contributed by atoms with E-state index in [0.29, 0.717) is 11.5 Å². The van der Waals surface area contributed by atoms with Gasteiger partial charge in [0.1, 0.15) is 0 Å². The lowest BCUT2D eigenvalue weighted by Gasteiger charge is -2.12. The van der Waals surface area contributed by atoms with Gasteiger partial charge in [-0.2, -0.15) is 4.98 Å². The number of nitrogens with zero attached hydrogens (tertiary/aromatic N) is 5. The van der Waals surface area contributed by atoms with Crippen molar-refractivity contribution in [3.63, 3.8) is 0 Å². The number of carbonyl (C=O) groups excluding carboxylic acids is 1. The fraction of sp³-hybridized carbons (Fsp3) is 0.250. The summed E-state index contributed by atoms with van der Waals surface area (Å²) in [4.78, 5) is 20.9. The predicted molar refractivity (Wildman–Crippen MR) is 95.5 cm³/mol. The number of aromatic nitrogens is 4. The third-order valence-corrected chi connectivity index (χ3v) is 5.50. The second kappa shape index (κ2) is 6.46. The SMILES string of the molecule is Cc1cc(C)n2nc(C(=O)Nc3cccc(S(=O)(=O)N(C)C)c3)nc2n1. The van der Waals surface area contributed by atoms with E-state index in [-0.39, 0.29) is 10.7 Å². The molecule has 0 aliphatic carbocycles. The Hall–Kier alpha value is -2.85. The quantitative estimate of drug-likeness (QED) is 0.736. The molecule has 2 heterocycles. The molecule has 3 rings (SSSR count). The summed E-state index contributed by atoms with van der Waals surface area (Å²) in [5, 5.41) is 6.77. The number of benzene rings is 1. The molecule has 0 saturated heterocycles. The van der Waals surface area contributed by atoms with Crippen LogP contribution in [0.4, 0.5) is 5.69 Å². The van der Waals surface area contributed by atoms with Crippen LogP contribution in [-0.4, -0.2) is 52.3 Å². The molecule has 136 valence electrons. The van der Waals surface area contributed by atoms with E-state index in [4.69, 9.17) is 0 Å². The number of anilines is 1. The highest BCUT2D eigenvalue weighted by atomic mass is 32.2. The predicted octanol–water partition coefficient (Wildman–Crippen LogP) is 1.24. The van der Waals surface area contributed by atoms with Gasteiger partial charge in [-0.1, -0.05) is 6.07 Å². The van der Waals surface area contributed by atoms with Gasteiger partial charge in [-0.3, -0.25) is 4.79 Å². The zero-order valence-electron chi connectivity index (χ0n) is 14.8. The van der Waals surface area contributed by atoms with E-state index in [0.717, 1.165) is 15.7 Å². The summed E-state index contributed by atoms with van der Waals surface area (Å²) < 4.78 is 27.0. The molecule has 0 atom stereocenters. The van der Waals surface area contributed by atoms with Crippen LogP contribution in [0.25, 0.3) is 5.78 Å². The van der Waals surface area contributed by atoms with Crippen molar-refractivity contribution in [2.24, 2.45) is 0 Å². The number of amides is 1. The van der Waals surface area contributed by atoms with E-state index in [1.54, 1.807) is 12.1 Å². The average Bonchev–Trinajstić information content (AvgIpc) is 2.99. The number of aryl methyl sites for hydroxylation is 2. The van der Waals surface area contributed by atoms with Crippen molar-refractivity contribution < 1.29 is 13.2 Å². The Labute approximate surface area is 150 Å². The molecule has 0 bridgehead atoms. The minimum absolute atomic E-state index is 0.0490. The molecular weight excluding hydrogens is 356 g/mol. The van der Waals surface area contributed by atoms with E-state index in [9.17, 15) is 13.2 Å². The smallest absolute Gasteiger partial charge is 0.295 e. The number of hydrogen-bond donors (Lipinski definition) is 1. The molecule has 0 fully saturated rings. The molecule has 0 spiro atoms. The molecule has 0 unspecified atom stereocenters. The summed E-state index contributed by atoms with van der Waals surface area (Å²) in [6.07, 6.45) is 0. The van der Waals surface area contributed by atoms with Crippen LogP contribution in [0.15, 0.2) is 35.2 Å². The maximum Gasteiger partial charge on any atom is 0.295 e. The summed E-state index contributed by atoms with van der Waals surface area (Å²) in [6, 6.07) is 7.83. The van der Waals surface area contributed by atoms with E-state index in [1.165, 1.54) is 30.7 Å². The van der Waals surface area contributed by atoms with Gasteiger partial charge >= 0.3 is 0 Å². The topological polar surface area (TPSA) is 110 Å². The Kier molecular flexibility index (Phi) is 4.46. The van der Waals surface area contributed by atoms with Crippen LogP contribution in [0.2, 0.25) is 0 Å². The molecular formula is C16H18N6O3S. The molecule has 9 nitrogen and oxygen atoms in total. The van der Waals surface area contributed by atoms with Gasteiger partial charge in [-0.05, 0) is 38.1 Å². The van der Waals surface area contributed by atoms with E-state index < -0.39 is 15.9 Å². The molecule has 0 radical (unpaired) electrons. The van der Waals surface area contributed by atoms with Crippen LogP contribution in [-0.2, 0) is 10.0 Å². The lowest BCUT2D eigenvalue weighted by molar-refractivity contribution is 0.101. The van der Waals surface area contributed by atoms with Gasteiger partial charge in [0, 0.05) is 31.2 Å². The Morgan fingerprint density at radius 3 is 2.58 bits per heavy atom. The number of carbonyl (C=O) groups is 1. The molecule has 10 heteroatoms. The molecule has 1 amide bonds. The van der Waals surface area contributed by atoms with Crippen LogP contribution in [0, 0.1) is 13.8 Å². The fourth-order valence-corrected chi connectivity index (χ4v) is 3.34. The van der Waals surface area contributed by atoms with Gasteiger partial charge in [0.25, 0.3) is 11.7 Å². The molecule has 0 aliphatic heterocycles. The van der Waals surface area contributed by atoms with Crippen molar-refractivity contribution in [2.75, 3.05) is 19.4 Å². The molecule has 1 N–H and O–H groups in total. The highest BCUT2D eigenvalue weighted by Crippen LogP contribution is 2.18. The number of rotatable bonds is 4. The van der Waals surface area contributed by atoms with E-state index in [2.05, 4.69) is 20.4 Å². The summed E-state index contributed by atoms with van der Waals surface area (Å²) >= 11 is 0. The third kappa shape index (κ3) is 3.28. The molecule has 26 heavy (non-hydrogen) atoms. The Bertz CT molecular complexity index is 1100. The summed E-state index contributed by atoms with van der Waals surface area (Å²) in [5.74, 6) is -0.268. The highest BCUT2D eigenvalue weighted by Gasteiger charge is 2.19. The Balaban J connectivity index is 1.90. The first-order valence-corrected chi connectivity index (χ1v) is 9.17. The minimum atomic E-state index is -3.59. The van der Waals surface area contributed by atoms with Gasteiger partial charge in [-0.25, -0.2) is 22.2 Å². The zero-order chi connectivity index (χ0) is 19.1. The Morgan fingerprint density at radius 2 is 1.88 bits per heavy atom. The Morgan fingerprint density at radius 1 is 1.15 bits per heavy atom. The summed E-state index contributed by atoms with van der Waals surface area (Å²) in [5.41, 5.74) is 1.91. The highest BCUT2D eigenvalue weighted by molar-refractivity contribution is 7.89. The number of sulfonamides is 1. The summed E-state index contributed by atoms with van der Waals surface area (Å²) in [7, 11) is -0.708. The van der Waals surface area contributed by atoms with Gasteiger partial charge in [0.05, 0.1) is 4.90 Å². The number of fused-ring (bicyclic) bond motifs is 1. The van der Waals surface area contributed by atoms with Gasteiger partial charge in [0.2, 0.25) is 15.8 Å². The van der Waals surface area contributed by atoms with Crippen molar-refractivity contribution in [3.05, 3.63) is 47.5 Å². The van der Waals surface area contributed by atoms with Crippen molar-refractivity contribution >= 4 is 27.4 Å². The van der Waals surface area contributed by atoms with Crippen molar-refractivity contribution in [2.45, 2.75) is 18.7 Å². The number of hydrogen-bond acceptors (Lipinski definition) is 6. The fourth-order valence-electron chi connectivity index (χ4n) is 2.39. The van der Waals surface area contributed by atoms with Crippen LogP contribution >= 0.6 is 0 Å². The average molecular weight is 374 g/mol. The minimum Gasteiger partial charge on any atom is -0.319 e. The van der Waals surface area contributed by atoms with Crippen LogP contribution in [0.3, 0.4) is 0 Å². The molecule has 3 aromatic rings. The van der Waals surface area contributed by atoms with Crippen molar-refractivity contribution in [3.8, 4) is 0 Å². The first-order chi connectivity index (χ1) is 12.2. The first-order valence-electron chi connectivity index (χ1n) is 7.73. The van der Waals surface area contributed by atoms with Gasteiger partial charge in [0.15, 0.2) is 0 Å². The van der Waals surface area contributed by atoms with E-state index in [1.807, 2.05) is 19.9 Å². The van der Waals surface area contributed by atoms with Gasteiger partial charge in [-0.15, -0.1) is 5.10 Å². The summed E-state index contributed by atoms with van der Waals surface area (Å²) in [6.45, 7) is 3.67. The largest absolute Gasteiger partial charge is 0.319 e. The van der Waals surface area contributed by atoms with Crippen LogP contribution in [0.1, 0.15) is 22.0 Å². The van der Waals surface area contributed by atoms with Crippen LogP contribution < -0.4 is 5.32 Å². The molecule has 0 saturated carbocycles. The standard InChI is InChI=1S/C16H18N6O3S/c1-10-8-11(2)22-16(17-10)19-14(20-22)15(23)18-12-6-5-7-13(9-12)26(24,25)21(3)4/h5-9H,1-4H3,(H,18,23). The lowest BCUT2D eigenvalue weighted by atomic mass is 10.3. The molecule has 2 aromatic heterocycles. The first kappa shape index (κ1) is 18.0. The second-order valence-electron chi connectivity index (χ2n) is 5.96. The zero-order valence-corrected chi connectivity index (χ0v) is 15.6. The van der Waals surface area contributed by atoms with Crippen molar-refractivity contribution in [1.82, 2.24) is 23.9 Å². The maximum absolute atomic E-state index is 12.4. The van der Waals surface area contributed by atoms with Crippen molar-refractivity contribution in [1.29, 1.82) is 0 Å². The third-order valence-electron chi connectivity index (χ3n) is 3.69. The molecule has 0 aliphatic rings. The van der Waals surface area contributed by atoms with Crippen LogP contribution in [0.5, 0.6) is 0 Å². The van der Waals surface area contributed by atoms with Gasteiger partial charge < -0.3 is 5.32 Å². The number of nitrogens with one attached hydrogen (secondary N) is 1. The monoisotopic (exact) mass is 374 g/mol. The van der Waals surface area contributed by atoms with E-state index >= 15 is 0 Å². The second-order valence-corrected chi connectivity index (χ2v) is 8.11. The normalized spacial score (nSPS) is 11.9. The lowest BCUT2D eigenvalue weighted by Crippen LogP contribution is -2.22.